The molecule has 0 aliphatic heterocycles. The molecule has 0 aliphatic rings. The van der Waals surface area contributed by atoms with Gasteiger partial charge in [0.1, 0.15) is 0 Å². The number of aliphatic carboxylic acids is 1. The van der Waals surface area contributed by atoms with Crippen LogP contribution in [-0.4, -0.2) is 33.1 Å². The minimum atomic E-state index is -0.944. The molecule has 6 heteroatoms. The summed E-state index contributed by atoms with van der Waals surface area (Å²) in [5.74, 6) is -0.944. The van der Waals surface area contributed by atoms with Gasteiger partial charge in [-0.25, -0.2) is 0 Å². The van der Waals surface area contributed by atoms with Gasteiger partial charge in [-0.15, -0.1) is 24.8 Å². The Kier molecular flexibility index (Phi) is 15.4. The summed E-state index contributed by atoms with van der Waals surface area (Å²) in [7, 11) is 0. The van der Waals surface area contributed by atoms with Crippen LogP contribution < -0.4 is 5.73 Å². The fraction of sp³-hybridized carbons (Fsp3) is 0.667. The van der Waals surface area contributed by atoms with Crippen molar-refractivity contribution in [2.75, 3.05) is 0 Å². The molecule has 0 rings (SSSR count). The van der Waals surface area contributed by atoms with Crippen LogP contribution in [0.4, 0.5) is 0 Å². The van der Waals surface area contributed by atoms with Gasteiger partial charge in [-0.05, 0) is 0 Å². The molecule has 0 saturated carbocycles. The van der Waals surface area contributed by atoms with Crippen molar-refractivity contribution in [3.8, 4) is 0 Å². The second kappa shape index (κ2) is 8.53. The Morgan fingerprint density at radius 3 is 2.00 bits per heavy atom. The zero-order valence-electron chi connectivity index (χ0n) is 4.48. The summed E-state index contributed by atoms with van der Waals surface area (Å²) in [5.41, 5.74) is 5.00. The first-order chi connectivity index (χ1) is 3.18. The summed E-state index contributed by atoms with van der Waals surface area (Å²) in [5, 5.41) is 8.48. The van der Waals surface area contributed by atoms with Crippen molar-refractivity contribution < 1.29 is 9.90 Å². The monoisotopic (exact) mass is 241 g/mol. The third-order valence-electron chi connectivity index (χ3n) is 0.514. The fourth-order valence-corrected chi connectivity index (χ4v) is 0.406. The van der Waals surface area contributed by atoms with Crippen LogP contribution in [0, 0.1) is 0 Å². The molecule has 3 nitrogen and oxygen atoms in total. The Hall–Kier alpha value is 0.529. The van der Waals surface area contributed by atoms with Crippen LogP contribution in [-0.2, 0) is 4.79 Å². The number of hydrogen-bond acceptors (Lipinski definition) is 2. The average Bonchev–Trinajstić information content (AvgIpc) is 1.65. The predicted molar refractivity (Wildman–Crippen MR) is 42.1 cm³/mol. The van der Waals surface area contributed by atoms with Gasteiger partial charge in [0.25, 0.3) is 0 Å². The van der Waals surface area contributed by atoms with E-state index in [1.807, 2.05) is 0 Å². The van der Waals surface area contributed by atoms with Gasteiger partial charge in [-0.1, -0.05) is 0 Å². The molecule has 0 spiro atoms. The van der Waals surface area contributed by atoms with Crippen molar-refractivity contribution in [3.63, 3.8) is 0 Å². The molecule has 0 unspecified atom stereocenters. The van der Waals surface area contributed by atoms with E-state index in [1.54, 1.807) is 0 Å². The second-order valence-corrected chi connectivity index (χ2v) is 1.89. The van der Waals surface area contributed by atoms with E-state index in [1.165, 1.54) is 0 Å². The van der Waals surface area contributed by atoms with Gasteiger partial charge >= 0.3 is 49.0 Å². The van der Waals surface area contributed by atoms with Gasteiger partial charge in [0.2, 0.25) is 0 Å². The molecule has 0 aromatic heterocycles. The summed E-state index contributed by atoms with van der Waals surface area (Å²) in [6, 6.07) is -0.708. The second-order valence-electron chi connectivity index (χ2n) is 1.13. The SMILES string of the molecule is Cl.Cl.N[C@@H](C[SeH])C(=O)O. The van der Waals surface area contributed by atoms with E-state index in [0.29, 0.717) is 5.32 Å². The summed E-state index contributed by atoms with van der Waals surface area (Å²) in [4.78, 5) is 9.80. The Labute approximate surface area is 74.0 Å². The first-order valence-corrected chi connectivity index (χ1v) is 3.10. The number of rotatable bonds is 2. The topological polar surface area (TPSA) is 63.3 Å². The zero-order valence-corrected chi connectivity index (χ0v) is 7.99. The minimum absolute atomic E-state index is 0. The van der Waals surface area contributed by atoms with Crippen LogP contribution in [0.2, 0.25) is 5.32 Å². The quantitative estimate of drug-likeness (QED) is 0.644. The maximum absolute atomic E-state index is 9.80. The summed E-state index contributed by atoms with van der Waals surface area (Å²) in [6.45, 7) is 0. The first kappa shape index (κ1) is 16.3. The maximum atomic E-state index is 9.80. The molecule has 0 aromatic carbocycles. The molecule has 0 fully saturated rings. The van der Waals surface area contributed by atoms with Crippen LogP contribution >= 0.6 is 24.8 Å². The molecule has 58 valence electrons. The van der Waals surface area contributed by atoms with Gasteiger partial charge in [0.15, 0.2) is 0 Å². The molecule has 3 N–H and O–H groups in total. The summed E-state index contributed by atoms with van der Waals surface area (Å²) >= 11 is 2.13. The normalized spacial score (nSPS) is 10.4. The molecule has 0 amide bonds. The zero-order chi connectivity index (χ0) is 5.86. The molecule has 1 atom stereocenters. The Balaban J connectivity index is -0.000000180. The van der Waals surface area contributed by atoms with Gasteiger partial charge in [-0.3, -0.25) is 0 Å². The van der Waals surface area contributed by atoms with Gasteiger partial charge in [-0.2, -0.15) is 0 Å². The van der Waals surface area contributed by atoms with Crippen molar-refractivity contribution >= 4 is 46.8 Å². The van der Waals surface area contributed by atoms with Gasteiger partial charge in [0, 0.05) is 0 Å². The van der Waals surface area contributed by atoms with E-state index in [9.17, 15) is 4.79 Å². The fourth-order valence-electron chi connectivity index (χ4n) is 0.0781. The number of nitrogens with two attached hydrogens (primary N) is 1. The first-order valence-electron chi connectivity index (χ1n) is 1.77. The molecule has 0 bridgehead atoms. The van der Waals surface area contributed by atoms with E-state index in [2.05, 4.69) is 16.0 Å². The molecule has 0 heterocycles. The molecular weight excluding hydrogens is 232 g/mol. The van der Waals surface area contributed by atoms with Crippen LogP contribution in [0.15, 0.2) is 0 Å². The van der Waals surface area contributed by atoms with E-state index in [0.717, 1.165) is 0 Å². The van der Waals surface area contributed by atoms with Crippen molar-refractivity contribution in [2.45, 2.75) is 11.4 Å². The van der Waals surface area contributed by atoms with Crippen LogP contribution in [0.5, 0.6) is 0 Å². The van der Waals surface area contributed by atoms with E-state index < -0.39 is 12.0 Å². The Morgan fingerprint density at radius 2 is 2.00 bits per heavy atom. The van der Waals surface area contributed by atoms with Crippen LogP contribution in [0.1, 0.15) is 0 Å². The predicted octanol–water partition coefficient (Wildman–Crippen LogP) is -0.439. The molecule has 0 saturated heterocycles. The molecule has 0 aliphatic carbocycles. The van der Waals surface area contributed by atoms with Gasteiger partial charge in [0.05, 0.1) is 0 Å². The number of halogens is 2. The molecule has 9 heavy (non-hydrogen) atoms. The standard InChI is InChI=1S/C3H7NO2Se.2ClH/c4-2(1-7)3(5)6;;/h2,7H,1,4H2,(H,5,6);2*1H/t2-;;/m0../s1. The Bertz CT molecular complexity index is 82.2. The molecule has 0 radical (unpaired) electrons. The van der Waals surface area contributed by atoms with Crippen molar-refractivity contribution in [2.24, 2.45) is 5.73 Å². The summed E-state index contributed by atoms with van der Waals surface area (Å²) in [6.07, 6.45) is 0. The summed E-state index contributed by atoms with van der Waals surface area (Å²) < 4.78 is 0. The third-order valence-corrected chi connectivity index (χ3v) is 1.34. The third kappa shape index (κ3) is 8.53. The number of carbonyl (C=O) groups is 1. The van der Waals surface area contributed by atoms with Crippen molar-refractivity contribution in [3.05, 3.63) is 0 Å². The number of hydrogen-bond donors (Lipinski definition) is 2. The van der Waals surface area contributed by atoms with E-state index in [-0.39, 0.29) is 24.8 Å². The van der Waals surface area contributed by atoms with E-state index in [4.69, 9.17) is 10.8 Å². The van der Waals surface area contributed by atoms with Crippen molar-refractivity contribution in [1.29, 1.82) is 0 Å². The average molecular weight is 241 g/mol. The van der Waals surface area contributed by atoms with Gasteiger partial charge < -0.3 is 0 Å². The van der Waals surface area contributed by atoms with Crippen molar-refractivity contribution in [1.82, 2.24) is 0 Å². The molecular formula is C3H9Cl2NO2Se. The Morgan fingerprint density at radius 1 is 1.67 bits per heavy atom. The van der Waals surface area contributed by atoms with Crippen LogP contribution in [0.3, 0.4) is 0 Å². The molecule has 0 aromatic rings. The van der Waals surface area contributed by atoms with E-state index >= 15 is 0 Å². The number of carboxylic acids is 1. The van der Waals surface area contributed by atoms with Crippen LogP contribution in [0.25, 0.3) is 0 Å². The number of carboxylic acid groups (broad SMARTS) is 1.